The predicted molar refractivity (Wildman–Crippen MR) is 152 cm³/mol. The third kappa shape index (κ3) is 2.96. The molecule has 8 rings (SSSR count). The third-order valence-electron chi connectivity index (χ3n) is 8.58. The number of nitrogens with zero attached hydrogens (tertiary/aromatic N) is 2. The lowest BCUT2D eigenvalue weighted by Gasteiger charge is -2.29. The number of pyridine rings is 2. The first-order chi connectivity index (χ1) is 18.7. The van der Waals surface area contributed by atoms with Crippen LogP contribution < -0.4 is 9.13 Å². The molecular weight excluding hydrogens is 464 g/mol. The van der Waals surface area contributed by atoms with Crippen molar-refractivity contribution in [1.82, 2.24) is 0 Å². The smallest absolute Gasteiger partial charge is 0.249 e. The van der Waals surface area contributed by atoms with Crippen LogP contribution in [0.2, 0.25) is 0 Å². The summed E-state index contributed by atoms with van der Waals surface area (Å²) in [5, 5.41) is 2.33. The van der Waals surface area contributed by atoms with Crippen LogP contribution in [0.4, 0.5) is 0 Å². The summed E-state index contributed by atoms with van der Waals surface area (Å²) in [4.78, 5) is 0. The van der Waals surface area contributed by atoms with E-state index in [-0.39, 0.29) is 6.04 Å². The van der Waals surface area contributed by atoms with Gasteiger partial charge in [0.25, 0.3) is 0 Å². The van der Waals surface area contributed by atoms with Crippen LogP contribution >= 0.6 is 0 Å². The maximum Gasteiger partial charge on any atom is 0.249 e. The van der Waals surface area contributed by atoms with Gasteiger partial charge in [-0.3, -0.25) is 0 Å². The molecule has 2 aliphatic heterocycles. The van der Waals surface area contributed by atoms with Gasteiger partial charge in [0.2, 0.25) is 23.1 Å². The van der Waals surface area contributed by atoms with Gasteiger partial charge in [0.05, 0.1) is 11.5 Å². The zero-order chi connectivity index (χ0) is 25.4. The lowest BCUT2D eigenvalue weighted by molar-refractivity contribution is -0.727. The van der Waals surface area contributed by atoms with E-state index < -0.39 is 0 Å². The molecule has 0 N–H and O–H groups in total. The Balaban J connectivity index is 1.45. The van der Waals surface area contributed by atoms with Gasteiger partial charge in [-0.25, -0.2) is 0 Å². The Morgan fingerprint density at radius 1 is 0.816 bits per heavy atom. The summed E-state index contributed by atoms with van der Waals surface area (Å²) >= 11 is 0. The van der Waals surface area contributed by atoms with Crippen LogP contribution in [0.3, 0.4) is 0 Å². The molecule has 0 fully saturated rings. The molecule has 3 aromatic heterocycles. The lowest BCUT2D eigenvalue weighted by atomic mass is 9.78. The Kier molecular flexibility index (Phi) is 4.54. The quantitative estimate of drug-likeness (QED) is 0.200. The number of para-hydroxylation sites is 1. The number of allylic oxidation sites excluding steroid dienone is 1. The molecule has 182 valence electrons. The van der Waals surface area contributed by atoms with Crippen LogP contribution in [0.25, 0.3) is 50.2 Å². The fourth-order valence-electron chi connectivity index (χ4n) is 6.87. The maximum atomic E-state index is 6.60. The Labute approximate surface area is 221 Å². The third-order valence-corrected chi connectivity index (χ3v) is 8.58. The highest BCUT2D eigenvalue weighted by molar-refractivity contribution is 6.09. The molecule has 2 unspecified atom stereocenters. The van der Waals surface area contributed by atoms with Gasteiger partial charge >= 0.3 is 0 Å². The van der Waals surface area contributed by atoms with E-state index in [1.807, 2.05) is 6.07 Å². The number of benzene rings is 3. The number of hydrogen-bond donors (Lipinski definition) is 0. The van der Waals surface area contributed by atoms with Gasteiger partial charge in [-0.05, 0) is 61.2 Å². The summed E-state index contributed by atoms with van der Waals surface area (Å²) in [5.41, 5.74) is 11.8. The van der Waals surface area contributed by atoms with Crippen LogP contribution in [-0.2, 0) is 6.42 Å². The van der Waals surface area contributed by atoms with Crippen molar-refractivity contribution in [2.75, 3.05) is 0 Å². The second-order valence-corrected chi connectivity index (χ2v) is 10.7. The molecular formula is C35H28N2O+2. The molecule has 0 bridgehead atoms. The van der Waals surface area contributed by atoms with Crippen molar-refractivity contribution >= 4 is 27.6 Å². The first-order valence-electron chi connectivity index (χ1n) is 13.4. The predicted octanol–water partition coefficient (Wildman–Crippen LogP) is 7.56. The molecule has 0 saturated heterocycles. The van der Waals surface area contributed by atoms with Crippen molar-refractivity contribution in [3.8, 4) is 22.5 Å². The van der Waals surface area contributed by atoms with Crippen LogP contribution in [-0.4, -0.2) is 0 Å². The molecule has 3 aromatic carbocycles. The molecule has 0 aliphatic carbocycles. The van der Waals surface area contributed by atoms with Crippen molar-refractivity contribution in [3.63, 3.8) is 0 Å². The van der Waals surface area contributed by atoms with Crippen molar-refractivity contribution < 1.29 is 13.6 Å². The molecule has 2 atom stereocenters. The van der Waals surface area contributed by atoms with Crippen molar-refractivity contribution in [3.05, 3.63) is 127 Å². The van der Waals surface area contributed by atoms with E-state index in [9.17, 15) is 0 Å². The van der Waals surface area contributed by atoms with E-state index in [0.717, 1.165) is 40.8 Å². The Morgan fingerprint density at radius 3 is 2.61 bits per heavy atom. The number of rotatable bonds is 0. The standard InChI is InChI=1S/C35H28N2O/c1-22-18-20-36-23(2)34-28(25-9-3-4-10-26(25)30-12-7-8-19-37(30)34)16-14-24-15-17-29-27-11-5-6-13-32(27)38-35(29)33(24)31(36)21-22/h3-13,15,17-21,28,34H,2,14,16H2,1H3/q+2. The molecule has 0 spiro atoms. The van der Waals surface area contributed by atoms with E-state index in [2.05, 4.69) is 113 Å². The maximum absolute atomic E-state index is 6.60. The topological polar surface area (TPSA) is 20.9 Å². The minimum atomic E-state index is 0.105. The van der Waals surface area contributed by atoms with Gasteiger partial charge in [0.15, 0.2) is 12.4 Å². The second-order valence-electron chi connectivity index (χ2n) is 10.7. The summed E-state index contributed by atoms with van der Waals surface area (Å²) in [7, 11) is 0. The highest BCUT2D eigenvalue weighted by atomic mass is 16.3. The van der Waals surface area contributed by atoms with Crippen molar-refractivity contribution in [1.29, 1.82) is 0 Å². The molecule has 5 heterocycles. The van der Waals surface area contributed by atoms with Gasteiger partial charge < -0.3 is 4.42 Å². The van der Waals surface area contributed by atoms with E-state index in [1.165, 1.54) is 38.9 Å². The second kappa shape index (κ2) is 8.00. The fourth-order valence-corrected chi connectivity index (χ4v) is 6.87. The van der Waals surface area contributed by atoms with Gasteiger partial charge in [-0.2, -0.15) is 9.13 Å². The number of aromatic nitrogens is 2. The average Bonchev–Trinajstić information content (AvgIpc) is 3.35. The SMILES string of the molecule is C=C1C2C(CCc3ccc4c(oc5ccccc54)c3-c3cc(C)cc[n+]31)c1ccccc1-c1cccc[n+]12. The minimum absolute atomic E-state index is 0.105. The van der Waals surface area contributed by atoms with Crippen molar-refractivity contribution in [2.45, 2.75) is 31.7 Å². The molecule has 0 amide bonds. The zero-order valence-electron chi connectivity index (χ0n) is 21.4. The Bertz CT molecular complexity index is 1930. The largest absolute Gasteiger partial charge is 0.455 e. The van der Waals surface area contributed by atoms with E-state index in [0.29, 0.717) is 5.92 Å². The number of furan rings is 1. The monoisotopic (exact) mass is 492 g/mol. The van der Waals surface area contributed by atoms with Crippen LogP contribution in [0.15, 0.2) is 114 Å². The van der Waals surface area contributed by atoms with Gasteiger partial charge in [-0.1, -0.05) is 48.5 Å². The molecule has 0 radical (unpaired) electrons. The zero-order valence-corrected chi connectivity index (χ0v) is 21.4. The molecule has 0 saturated carbocycles. The summed E-state index contributed by atoms with van der Waals surface area (Å²) in [6.07, 6.45) is 6.41. The first kappa shape index (κ1) is 21.6. The Hall–Kier alpha value is -4.50. The highest BCUT2D eigenvalue weighted by Crippen LogP contribution is 2.46. The highest BCUT2D eigenvalue weighted by Gasteiger charge is 2.46. The number of hydrogen-bond acceptors (Lipinski definition) is 1. The molecule has 3 heteroatoms. The number of aryl methyl sites for hydroxylation is 2. The normalized spacial score (nSPS) is 18.0. The van der Waals surface area contributed by atoms with Crippen LogP contribution in [0, 0.1) is 6.92 Å². The van der Waals surface area contributed by atoms with Crippen LogP contribution in [0.1, 0.15) is 35.1 Å². The first-order valence-corrected chi connectivity index (χ1v) is 13.4. The summed E-state index contributed by atoms with van der Waals surface area (Å²) < 4.78 is 11.4. The molecule has 2 aliphatic rings. The molecule has 6 aromatic rings. The Morgan fingerprint density at radius 2 is 1.66 bits per heavy atom. The lowest BCUT2D eigenvalue weighted by Crippen LogP contribution is -2.53. The minimum Gasteiger partial charge on any atom is -0.455 e. The number of fused-ring (bicyclic) bond motifs is 13. The van der Waals surface area contributed by atoms with Gasteiger partial charge in [-0.15, -0.1) is 0 Å². The van der Waals surface area contributed by atoms with E-state index in [1.54, 1.807) is 0 Å². The van der Waals surface area contributed by atoms with Gasteiger partial charge in [0.1, 0.15) is 11.2 Å². The van der Waals surface area contributed by atoms with Gasteiger partial charge in [0, 0.05) is 40.6 Å². The average molecular weight is 493 g/mol. The van der Waals surface area contributed by atoms with Crippen LogP contribution in [0.5, 0.6) is 0 Å². The fraction of sp³-hybridized carbons (Fsp3) is 0.143. The van der Waals surface area contributed by atoms with E-state index >= 15 is 0 Å². The van der Waals surface area contributed by atoms with Crippen molar-refractivity contribution in [2.24, 2.45) is 0 Å². The molecule has 38 heavy (non-hydrogen) atoms. The van der Waals surface area contributed by atoms with E-state index in [4.69, 9.17) is 11.0 Å². The summed E-state index contributed by atoms with van der Waals surface area (Å²) in [6, 6.07) is 33.0. The molecule has 3 nitrogen and oxygen atoms in total. The summed E-state index contributed by atoms with van der Waals surface area (Å²) in [6.45, 7) is 6.96. The summed E-state index contributed by atoms with van der Waals surface area (Å²) in [5.74, 6) is 0.303.